The minimum absolute atomic E-state index is 0.0231. The lowest BCUT2D eigenvalue weighted by Gasteiger charge is -2.20. The van der Waals surface area contributed by atoms with Crippen LogP contribution >= 0.6 is 11.6 Å². The van der Waals surface area contributed by atoms with E-state index in [1.165, 1.54) is 29.2 Å². The molecule has 0 saturated heterocycles. The number of likely N-dealkylation sites (N-methyl/N-ethyl adjacent to an activating group) is 1. The summed E-state index contributed by atoms with van der Waals surface area (Å²) in [5.74, 6) is -0.295. The molecule has 2 rings (SSSR count). The Morgan fingerprint density at radius 2 is 1.71 bits per heavy atom. The first-order valence-corrected chi connectivity index (χ1v) is 6.65. The first-order valence-electron chi connectivity index (χ1n) is 6.21. The molecule has 0 aromatic heterocycles. The Morgan fingerprint density at radius 3 is 2.24 bits per heavy atom. The third-order valence-corrected chi connectivity index (χ3v) is 3.53. The Morgan fingerprint density at radius 1 is 1.14 bits per heavy atom. The van der Waals surface area contributed by atoms with E-state index in [-0.39, 0.29) is 11.6 Å². The maximum Gasteiger partial charge on any atom is 0.269 e. The molecule has 0 spiro atoms. The molecule has 5 nitrogen and oxygen atoms in total. The molecular weight excluding hydrogens is 292 g/mol. The number of alkyl halides is 1. The van der Waals surface area contributed by atoms with Crippen LogP contribution in [0.15, 0.2) is 54.6 Å². The van der Waals surface area contributed by atoms with Crippen molar-refractivity contribution in [2.45, 2.75) is 5.38 Å². The molecule has 0 N–H and O–H groups in total. The van der Waals surface area contributed by atoms with Crippen molar-refractivity contribution in [2.75, 3.05) is 11.9 Å². The van der Waals surface area contributed by atoms with Gasteiger partial charge in [-0.15, -0.1) is 11.6 Å². The zero-order chi connectivity index (χ0) is 15.4. The van der Waals surface area contributed by atoms with E-state index in [4.69, 9.17) is 11.6 Å². The Labute approximate surface area is 126 Å². The summed E-state index contributed by atoms with van der Waals surface area (Å²) in [5.41, 5.74) is 1.23. The quantitative estimate of drug-likeness (QED) is 0.493. The van der Waals surface area contributed by atoms with Crippen LogP contribution in [0.3, 0.4) is 0 Å². The highest BCUT2D eigenvalue weighted by molar-refractivity contribution is 6.32. The van der Waals surface area contributed by atoms with Crippen molar-refractivity contribution in [1.29, 1.82) is 0 Å². The van der Waals surface area contributed by atoms with Crippen molar-refractivity contribution in [2.24, 2.45) is 0 Å². The molecule has 0 aliphatic heterocycles. The first kappa shape index (κ1) is 15.0. The minimum atomic E-state index is -0.800. The summed E-state index contributed by atoms with van der Waals surface area (Å²) in [6, 6.07) is 14.8. The van der Waals surface area contributed by atoms with Gasteiger partial charge in [0.1, 0.15) is 5.38 Å². The third-order valence-electron chi connectivity index (χ3n) is 3.09. The molecule has 0 heterocycles. The van der Waals surface area contributed by atoms with E-state index in [0.717, 1.165) is 0 Å². The van der Waals surface area contributed by atoms with E-state index in [2.05, 4.69) is 0 Å². The van der Waals surface area contributed by atoms with Gasteiger partial charge in [0.2, 0.25) is 5.91 Å². The summed E-state index contributed by atoms with van der Waals surface area (Å²) in [6.07, 6.45) is 0. The molecule has 0 radical (unpaired) electrons. The highest BCUT2D eigenvalue weighted by Crippen LogP contribution is 2.26. The zero-order valence-corrected chi connectivity index (χ0v) is 12.0. The number of rotatable bonds is 4. The second-order valence-corrected chi connectivity index (χ2v) is 4.88. The van der Waals surface area contributed by atoms with Crippen molar-refractivity contribution in [3.63, 3.8) is 0 Å². The molecule has 2 aromatic carbocycles. The van der Waals surface area contributed by atoms with E-state index in [1.807, 2.05) is 18.2 Å². The number of nitro benzene ring substituents is 1. The van der Waals surface area contributed by atoms with Crippen molar-refractivity contribution >= 4 is 28.9 Å². The fourth-order valence-corrected chi connectivity index (χ4v) is 2.15. The minimum Gasteiger partial charge on any atom is -0.314 e. The molecular formula is C15H13ClN2O3. The van der Waals surface area contributed by atoms with E-state index >= 15 is 0 Å². The second kappa shape index (κ2) is 6.37. The average Bonchev–Trinajstić information content (AvgIpc) is 2.53. The van der Waals surface area contributed by atoms with Gasteiger partial charge in [0, 0.05) is 24.9 Å². The molecule has 0 aliphatic carbocycles. The number of anilines is 1. The molecule has 1 atom stereocenters. The van der Waals surface area contributed by atoms with Crippen molar-refractivity contribution < 1.29 is 9.72 Å². The topological polar surface area (TPSA) is 63.5 Å². The highest BCUT2D eigenvalue weighted by Gasteiger charge is 2.22. The van der Waals surface area contributed by atoms with E-state index in [1.54, 1.807) is 19.2 Å². The van der Waals surface area contributed by atoms with E-state index in [0.29, 0.717) is 11.3 Å². The smallest absolute Gasteiger partial charge is 0.269 e. The van der Waals surface area contributed by atoms with Gasteiger partial charge in [0.15, 0.2) is 0 Å². The van der Waals surface area contributed by atoms with Crippen molar-refractivity contribution in [3.8, 4) is 0 Å². The summed E-state index contributed by atoms with van der Waals surface area (Å²) >= 11 is 6.18. The fraction of sp³-hybridized carbons (Fsp3) is 0.133. The molecule has 6 heteroatoms. The molecule has 0 aliphatic rings. The van der Waals surface area contributed by atoms with Gasteiger partial charge in [-0.3, -0.25) is 14.9 Å². The fourth-order valence-electron chi connectivity index (χ4n) is 1.86. The zero-order valence-electron chi connectivity index (χ0n) is 11.3. The summed E-state index contributed by atoms with van der Waals surface area (Å²) in [7, 11) is 1.59. The number of amides is 1. The molecule has 1 amide bonds. The van der Waals surface area contributed by atoms with Crippen LogP contribution in [-0.2, 0) is 4.79 Å². The molecule has 2 aromatic rings. The number of nitrogens with zero attached hydrogens (tertiary/aromatic N) is 2. The molecule has 0 fully saturated rings. The number of carbonyl (C=O) groups excluding carboxylic acids is 1. The lowest BCUT2D eigenvalue weighted by atomic mass is 10.1. The number of carbonyl (C=O) groups is 1. The summed E-state index contributed by atoms with van der Waals surface area (Å²) in [4.78, 5) is 23.8. The average molecular weight is 305 g/mol. The molecule has 1 unspecified atom stereocenters. The van der Waals surface area contributed by atoms with Crippen LogP contribution in [0.4, 0.5) is 11.4 Å². The lowest BCUT2D eigenvalue weighted by Crippen LogP contribution is -2.29. The van der Waals surface area contributed by atoms with Gasteiger partial charge in [-0.05, 0) is 17.7 Å². The van der Waals surface area contributed by atoms with Crippen LogP contribution in [0.25, 0.3) is 0 Å². The summed E-state index contributed by atoms with van der Waals surface area (Å²) in [6.45, 7) is 0. The van der Waals surface area contributed by atoms with Crippen LogP contribution in [-0.4, -0.2) is 17.9 Å². The third kappa shape index (κ3) is 3.38. The Kier molecular flexibility index (Phi) is 4.55. The molecule has 108 valence electrons. The van der Waals surface area contributed by atoms with Crippen LogP contribution in [0, 0.1) is 10.1 Å². The van der Waals surface area contributed by atoms with Gasteiger partial charge in [0.05, 0.1) is 4.92 Å². The van der Waals surface area contributed by atoms with Gasteiger partial charge >= 0.3 is 0 Å². The number of nitro groups is 1. The van der Waals surface area contributed by atoms with E-state index < -0.39 is 10.3 Å². The normalized spacial score (nSPS) is 11.7. The first-order chi connectivity index (χ1) is 10.0. The van der Waals surface area contributed by atoms with Gasteiger partial charge in [-0.1, -0.05) is 30.3 Å². The van der Waals surface area contributed by atoms with Gasteiger partial charge in [-0.25, -0.2) is 0 Å². The predicted octanol–water partition coefficient (Wildman–Crippen LogP) is 3.54. The second-order valence-electron chi connectivity index (χ2n) is 4.44. The monoisotopic (exact) mass is 304 g/mol. The van der Waals surface area contributed by atoms with Crippen LogP contribution in [0.1, 0.15) is 10.9 Å². The highest BCUT2D eigenvalue weighted by atomic mass is 35.5. The summed E-state index contributed by atoms with van der Waals surface area (Å²) < 4.78 is 0. The van der Waals surface area contributed by atoms with Gasteiger partial charge in [-0.2, -0.15) is 0 Å². The Hall–Kier alpha value is -2.40. The standard InChI is InChI=1S/C15H13ClN2O3/c1-17(12-7-9-13(10-8-12)18(20)21)15(19)14(16)11-5-3-2-4-6-11/h2-10,14H,1H3. The van der Waals surface area contributed by atoms with Crippen molar-refractivity contribution in [1.82, 2.24) is 0 Å². The number of benzene rings is 2. The van der Waals surface area contributed by atoms with Crippen LogP contribution < -0.4 is 4.90 Å². The Balaban J connectivity index is 2.17. The predicted molar refractivity (Wildman–Crippen MR) is 81.5 cm³/mol. The SMILES string of the molecule is CN(C(=O)C(Cl)c1ccccc1)c1ccc([N+](=O)[O-])cc1. The van der Waals surface area contributed by atoms with Crippen molar-refractivity contribution in [3.05, 3.63) is 70.3 Å². The molecule has 21 heavy (non-hydrogen) atoms. The largest absolute Gasteiger partial charge is 0.314 e. The Bertz CT molecular complexity index is 644. The number of halogens is 1. The van der Waals surface area contributed by atoms with E-state index in [9.17, 15) is 14.9 Å². The van der Waals surface area contributed by atoms with Gasteiger partial charge in [0.25, 0.3) is 5.69 Å². The van der Waals surface area contributed by atoms with Crippen LogP contribution in [0.5, 0.6) is 0 Å². The number of non-ortho nitro benzene ring substituents is 1. The number of hydrogen-bond acceptors (Lipinski definition) is 3. The van der Waals surface area contributed by atoms with Gasteiger partial charge < -0.3 is 4.90 Å². The maximum atomic E-state index is 12.3. The maximum absolute atomic E-state index is 12.3. The number of hydrogen-bond donors (Lipinski definition) is 0. The summed E-state index contributed by atoms with van der Waals surface area (Å²) in [5, 5.41) is 9.81. The molecule has 0 saturated carbocycles. The lowest BCUT2D eigenvalue weighted by molar-refractivity contribution is -0.384. The van der Waals surface area contributed by atoms with Crippen LogP contribution in [0.2, 0.25) is 0 Å². The molecule has 0 bridgehead atoms.